The first-order valence-corrected chi connectivity index (χ1v) is 16.3. The molecule has 1 aliphatic carbocycles. The molecule has 2 amide bonds. The summed E-state index contributed by atoms with van der Waals surface area (Å²) in [6.07, 6.45) is 9.17. The molecule has 1 saturated heterocycles. The Morgan fingerprint density at radius 3 is 2.31 bits per heavy atom. The van der Waals surface area contributed by atoms with Gasteiger partial charge in [0, 0.05) is 73.0 Å². The monoisotopic (exact) mass is 649 g/mol. The van der Waals surface area contributed by atoms with Crippen molar-refractivity contribution in [3.05, 3.63) is 90.3 Å². The zero-order valence-corrected chi connectivity index (χ0v) is 27.3. The number of fused-ring (bicyclic) bond motifs is 1. The van der Waals surface area contributed by atoms with Gasteiger partial charge in [0.15, 0.2) is 11.6 Å². The number of hydrogen-bond donors (Lipinski definition) is 4. The number of nitrogens with zero attached hydrogens (tertiary/aromatic N) is 3. The van der Waals surface area contributed by atoms with Crippen LogP contribution in [-0.2, 0) is 9.59 Å². The number of amides is 2. The Morgan fingerprint density at radius 2 is 1.67 bits per heavy atom. The zero-order chi connectivity index (χ0) is 33.8. The number of pyridine rings is 2. The standard InChI is InChI=1S/C37H40FN7O3/c1-23(2)45-16-11-26(12-17-45)41-21-25(20-39)31-19-32-29(22-42-31)33(10-15-40-32)48-34-9-8-28(18-30(34)38)44-36(47)37(13-14-37)35(46)43-27-6-4-24(3)5-7-27/h4-10,15,18-23,26,39,41H,11-14,16-17H2,1-3H3,(H,43,46)(H,44,47)/b25-21+,39-20?. The fraction of sp³-hybridized carbons (Fsp3) is 0.324. The summed E-state index contributed by atoms with van der Waals surface area (Å²) >= 11 is 0. The van der Waals surface area contributed by atoms with Crippen molar-refractivity contribution in [1.29, 1.82) is 5.41 Å². The second-order valence-corrected chi connectivity index (χ2v) is 12.8. The Morgan fingerprint density at radius 1 is 0.979 bits per heavy atom. The van der Waals surface area contributed by atoms with Gasteiger partial charge < -0.3 is 31.0 Å². The lowest BCUT2D eigenvalue weighted by Gasteiger charge is -2.34. The molecule has 2 aromatic carbocycles. The Kier molecular flexibility index (Phi) is 9.49. The highest BCUT2D eigenvalue weighted by Crippen LogP contribution is 2.47. The molecule has 0 spiro atoms. The summed E-state index contributed by atoms with van der Waals surface area (Å²) in [6.45, 7) is 8.46. The highest BCUT2D eigenvalue weighted by molar-refractivity contribution is 6.17. The molecular weight excluding hydrogens is 609 g/mol. The minimum absolute atomic E-state index is 0.0457. The van der Waals surface area contributed by atoms with Crippen LogP contribution in [0.4, 0.5) is 15.8 Å². The van der Waals surface area contributed by atoms with Crippen LogP contribution in [-0.4, -0.2) is 58.1 Å². The summed E-state index contributed by atoms with van der Waals surface area (Å²) in [7, 11) is 0. The number of hydrogen-bond acceptors (Lipinski definition) is 8. The molecule has 0 atom stereocenters. The van der Waals surface area contributed by atoms with Gasteiger partial charge in [0.1, 0.15) is 11.2 Å². The molecule has 0 bridgehead atoms. The number of nitrogens with one attached hydrogen (secondary N) is 4. The molecule has 6 rings (SSSR count). The fourth-order valence-corrected chi connectivity index (χ4v) is 5.84. The van der Waals surface area contributed by atoms with Crippen LogP contribution in [0.15, 0.2) is 73.2 Å². The van der Waals surface area contributed by atoms with Crippen molar-refractivity contribution < 1.29 is 18.7 Å². The van der Waals surface area contributed by atoms with Crippen molar-refractivity contribution >= 4 is 45.9 Å². The molecule has 0 unspecified atom stereocenters. The normalized spacial score (nSPS) is 16.4. The third kappa shape index (κ3) is 7.21. The number of likely N-dealkylation sites (tertiary alicyclic amines) is 1. The van der Waals surface area contributed by atoms with Crippen molar-refractivity contribution in [2.45, 2.75) is 58.5 Å². The van der Waals surface area contributed by atoms with E-state index in [0.717, 1.165) is 31.5 Å². The molecule has 1 saturated carbocycles. The minimum atomic E-state index is -1.19. The number of rotatable bonds is 11. The van der Waals surface area contributed by atoms with Gasteiger partial charge in [-0.3, -0.25) is 19.6 Å². The van der Waals surface area contributed by atoms with E-state index in [-0.39, 0.29) is 17.3 Å². The largest absolute Gasteiger partial charge is 0.453 e. The second-order valence-electron chi connectivity index (χ2n) is 12.8. The number of piperidine rings is 1. The summed E-state index contributed by atoms with van der Waals surface area (Å²) in [5.41, 5.74) is 2.50. The van der Waals surface area contributed by atoms with Crippen LogP contribution >= 0.6 is 0 Å². The Balaban J connectivity index is 1.11. The molecule has 2 fully saturated rings. The first kappa shape index (κ1) is 32.8. The van der Waals surface area contributed by atoms with Gasteiger partial charge in [0.05, 0.1) is 16.6 Å². The highest BCUT2D eigenvalue weighted by Gasteiger charge is 2.56. The molecule has 11 heteroatoms. The Labute approximate surface area is 279 Å². The molecule has 4 N–H and O–H groups in total. The lowest BCUT2D eigenvalue weighted by Crippen LogP contribution is -2.43. The predicted octanol–water partition coefficient (Wildman–Crippen LogP) is 6.68. The third-order valence-electron chi connectivity index (χ3n) is 9.11. The van der Waals surface area contributed by atoms with E-state index < -0.39 is 17.1 Å². The molecule has 1 aliphatic heterocycles. The maximum Gasteiger partial charge on any atom is 0.240 e. The van der Waals surface area contributed by atoms with Crippen LogP contribution < -0.4 is 20.7 Å². The highest BCUT2D eigenvalue weighted by atomic mass is 19.1. The van der Waals surface area contributed by atoms with Gasteiger partial charge in [0.25, 0.3) is 0 Å². The minimum Gasteiger partial charge on any atom is -0.453 e. The molecule has 248 valence electrons. The second kappa shape index (κ2) is 13.9. The van der Waals surface area contributed by atoms with Crippen LogP contribution in [0.25, 0.3) is 16.5 Å². The van der Waals surface area contributed by atoms with Gasteiger partial charge in [-0.1, -0.05) is 17.7 Å². The molecule has 2 aliphatic rings. The molecule has 48 heavy (non-hydrogen) atoms. The number of halogens is 1. The quantitative estimate of drug-likeness (QED) is 0.105. The van der Waals surface area contributed by atoms with E-state index in [0.29, 0.717) is 58.5 Å². The maximum atomic E-state index is 15.3. The first-order chi connectivity index (χ1) is 23.1. The summed E-state index contributed by atoms with van der Waals surface area (Å²) in [6, 6.07) is 15.7. The van der Waals surface area contributed by atoms with E-state index in [4.69, 9.17) is 10.1 Å². The zero-order valence-electron chi connectivity index (χ0n) is 27.3. The number of carbonyl (C=O) groups is 2. The van der Waals surface area contributed by atoms with Gasteiger partial charge in [-0.2, -0.15) is 0 Å². The molecule has 10 nitrogen and oxygen atoms in total. The van der Waals surface area contributed by atoms with Crippen molar-refractivity contribution in [3.8, 4) is 11.5 Å². The van der Waals surface area contributed by atoms with Crippen molar-refractivity contribution in [2.75, 3.05) is 23.7 Å². The number of ether oxygens (including phenoxy) is 1. The molecule has 0 radical (unpaired) electrons. The van der Waals surface area contributed by atoms with Crippen molar-refractivity contribution in [2.24, 2.45) is 5.41 Å². The van der Waals surface area contributed by atoms with E-state index in [1.165, 1.54) is 24.4 Å². The summed E-state index contributed by atoms with van der Waals surface area (Å²) in [5.74, 6) is -1.24. The van der Waals surface area contributed by atoms with Gasteiger partial charge in [-0.15, -0.1) is 0 Å². The number of aromatic nitrogens is 2. The average molecular weight is 650 g/mol. The number of aryl methyl sites for hydroxylation is 1. The summed E-state index contributed by atoms with van der Waals surface area (Å²) in [4.78, 5) is 37.5. The number of benzene rings is 2. The third-order valence-corrected chi connectivity index (χ3v) is 9.11. The number of carbonyl (C=O) groups excluding carboxylic acids is 2. The van der Waals surface area contributed by atoms with Crippen LogP contribution in [0.5, 0.6) is 11.5 Å². The molecule has 2 aromatic heterocycles. The smallest absolute Gasteiger partial charge is 0.240 e. The van der Waals surface area contributed by atoms with Gasteiger partial charge in [0.2, 0.25) is 11.8 Å². The molecule has 4 aromatic rings. The van der Waals surface area contributed by atoms with Crippen molar-refractivity contribution in [1.82, 2.24) is 20.2 Å². The van der Waals surface area contributed by atoms with Crippen LogP contribution in [0, 0.1) is 23.6 Å². The van der Waals surface area contributed by atoms with Gasteiger partial charge >= 0.3 is 0 Å². The summed E-state index contributed by atoms with van der Waals surface area (Å²) < 4.78 is 21.2. The Hall–Kier alpha value is -5.16. The lowest BCUT2D eigenvalue weighted by atomic mass is 10.0. The lowest BCUT2D eigenvalue weighted by molar-refractivity contribution is -0.131. The molecule has 3 heterocycles. The number of allylic oxidation sites excluding steroid dienone is 1. The maximum absolute atomic E-state index is 15.3. The first-order valence-electron chi connectivity index (χ1n) is 16.3. The van der Waals surface area contributed by atoms with Crippen molar-refractivity contribution in [3.63, 3.8) is 0 Å². The van der Waals surface area contributed by atoms with E-state index in [1.807, 2.05) is 25.3 Å². The number of anilines is 2. The van der Waals surface area contributed by atoms with Crippen LogP contribution in [0.3, 0.4) is 0 Å². The van der Waals surface area contributed by atoms with Gasteiger partial charge in [-0.05, 0) is 82.9 Å². The van der Waals surface area contributed by atoms with Crippen LogP contribution in [0.2, 0.25) is 0 Å². The van der Waals surface area contributed by atoms with E-state index in [2.05, 4.69) is 44.7 Å². The topological polar surface area (TPSA) is 132 Å². The van der Waals surface area contributed by atoms with E-state index in [1.54, 1.807) is 36.7 Å². The summed E-state index contributed by atoms with van der Waals surface area (Å²) in [5, 5.41) is 17.5. The predicted molar refractivity (Wildman–Crippen MR) is 186 cm³/mol. The SMILES string of the molecule is Cc1ccc(NC(=O)C2(C(=O)Nc3ccc(Oc4ccnc5cc(/C(C=N)=C/NC6CCN(C(C)C)CC6)ncc45)c(F)c3)CC2)cc1. The fourth-order valence-electron chi connectivity index (χ4n) is 5.84. The van der Waals surface area contributed by atoms with Crippen LogP contribution in [0.1, 0.15) is 50.8 Å². The average Bonchev–Trinajstić information content (AvgIpc) is 3.90. The van der Waals surface area contributed by atoms with Gasteiger partial charge in [-0.25, -0.2) is 4.39 Å². The van der Waals surface area contributed by atoms with E-state index >= 15 is 4.39 Å². The van der Waals surface area contributed by atoms with E-state index in [9.17, 15) is 9.59 Å². The molecular formula is C37H40FN7O3. The Bertz CT molecular complexity index is 1860.